The number of benzene rings is 1. The fourth-order valence-corrected chi connectivity index (χ4v) is 3.15. The van der Waals surface area contributed by atoms with E-state index in [-0.39, 0.29) is 6.61 Å². The van der Waals surface area contributed by atoms with Crippen LogP contribution in [0.25, 0.3) is 0 Å². The molecule has 0 spiro atoms. The highest BCUT2D eigenvalue weighted by atomic mass is 16.7. The third-order valence-electron chi connectivity index (χ3n) is 4.72. The Bertz CT molecular complexity index is 1120. The first-order valence-electron chi connectivity index (χ1n) is 10.2. The molecule has 0 saturated heterocycles. The van der Waals surface area contributed by atoms with Gasteiger partial charge in [0.2, 0.25) is 5.82 Å². The van der Waals surface area contributed by atoms with E-state index in [0.29, 0.717) is 23.0 Å². The van der Waals surface area contributed by atoms with E-state index >= 15 is 0 Å². The molecule has 0 atom stereocenters. The van der Waals surface area contributed by atoms with Gasteiger partial charge in [-0.25, -0.2) is 14.5 Å². The number of anilines is 1. The minimum atomic E-state index is -0.686. The van der Waals surface area contributed by atoms with Crippen LogP contribution in [0, 0.1) is 0 Å². The second kappa shape index (κ2) is 10.2. The van der Waals surface area contributed by atoms with Gasteiger partial charge in [-0.3, -0.25) is 10.2 Å². The molecule has 0 radical (unpaired) electrons. The van der Waals surface area contributed by atoms with Crippen molar-refractivity contribution in [3.05, 3.63) is 65.6 Å². The molecule has 0 unspecified atom stereocenters. The van der Waals surface area contributed by atoms with Crippen LogP contribution in [0.15, 0.2) is 58.8 Å². The molecule has 1 amide bonds. The molecule has 3 aromatic rings. The zero-order chi connectivity index (χ0) is 22.2. The smallest absolute Gasteiger partial charge is 0.389 e. The highest BCUT2D eigenvalue weighted by Crippen LogP contribution is 2.15. The van der Waals surface area contributed by atoms with Crippen molar-refractivity contribution in [3.63, 3.8) is 0 Å². The van der Waals surface area contributed by atoms with Crippen LogP contribution in [0.1, 0.15) is 42.8 Å². The average Bonchev–Trinajstić information content (AvgIpc) is 3.48. The molecule has 32 heavy (non-hydrogen) atoms. The maximum Gasteiger partial charge on any atom is 0.439 e. The van der Waals surface area contributed by atoms with E-state index in [2.05, 4.69) is 36.1 Å². The quantitative estimate of drug-likeness (QED) is 0.344. The summed E-state index contributed by atoms with van der Waals surface area (Å²) in [7, 11) is 1.72. The number of oxime groups is 2. The number of hydrogen-bond acceptors (Lipinski definition) is 9. The predicted molar refractivity (Wildman–Crippen MR) is 116 cm³/mol. The van der Waals surface area contributed by atoms with Gasteiger partial charge in [-0.15, -0.1) is 5.10 Å². The monoisotopic (exact) mass is 434 g/mol. The third kappa shape index (κ3) is 5.50. The lowest BCUT2D eigenvalue weighted by molar-refractivity contribution is 0.128. The van der Waals surface area contributed by atoms with Crippen LogP contribution < -0.4 is 5.32 Å². The molecule has 2 heterocycles. The van der Waals surface area contributed by atoms with Crippen molar-refractivity contribution in [3.8, 4) is 0 Å². The summed E-state index contributed by atoms with van der Waals surface area (Å²) in [6.45, 7) is 0.0779. The van der Waals surface area contributed by atoms with Crippen molar-refractivity contribution in [2.45, 2.75) is 32.3 Å². The first kappa shape index (κ1) is 21.1. The van der Waals surface area contributed by atoms with Crippen molar-refractivity contribution in [1.82, 2.24) is 25.2 Å². The van der Waals surface area contributed by atoms with Gasteiger partial charge in [0.05, 0.1) is 11.4 Å². The number of amides is 1. The van der Waals surface area contributed by atoms with Crippen molar-refractivity contribution >= 4 is 23.3 Å². The Morgan fingerprint density at radius 3 is 2.69 bits per heavy atom. The molecule has 11 heteroatoms. The second-order valence-electron chi connectivity index (χ2n) is 7.09. The number of pyridine rings is 1. The summed E-state index contributed by atoms with van der Waals surface area (Å²) in [5.41, 5.74) is 2.76. The molecule has 11 nitrogen and oxygen atoms in total. The van der Waals surface area contributed by atoms with Gasteiger partial charge in [-0.2, -0.15) is 0 Å². The molecule has 1 aliphatic carbocycles. The average molecular weight is 434 g/mol. The van der Waals surface area contributed by atoms with Gasteiger partial charge in [0.1, 0.15) is 5.82 Å². The van der Waals surface area contributed by atoms with Gasteiger partial charge in [0.15, 0.2) is 12.3 Å². The highest BCUT2D eigenvalue weighted by molar-refractivity contribution is 6.10. The number of carbonyl (C=O) groups is 1. The van der Waals surface area contributed by atoms with Crippen molar-refractivity contribution in [2.75, 3.05) is 5.32 Å². The molecule has 2 aromatic heterocycles. The Kier molecular flexibility index (Phi) is 6.75. The van der Waals surface area contributed by atoms with E-state index < -0.39 is 6.09 Å². The van der Waals surface area contributed by atoms with Crippen LogP contribution in [0.4, 0.5) is 10.6 Å². The van der Waals surface area contributed by atoms with Crippen LogP contribution in [0.5, 0.6) is 0 Å². The SMILES string of the molecule is Cn1nnnc1/C(=N\OCc1cccc(NC(=O)ON=C2CCCC2)n1)c1ccccc1. The molecule has 0 aliphatic heterocycles. The summed E-state index contributed by atoms with van der Waals surface area (Å²) in [6.07, 6.45) is 3.21. The Morgan fingerprint density at radius 1 is 1.12 bits per heavy atom. The summed E-state index contributed by atoms with van der Waals surface area (Å²) in [5, 5.41) is 22.2. The van der Waals surface area contributed by atoms with E-state index in [4.69, 9.17) is 9.68 Å². The number of nitrogens with one attached hydrogen (secondary N) is 1. The summed E-state index contributed by atoms with van der Waals surface area (Å²) >= 11 is 0. The Labute approximate surface area is 184 Å². The standard InChI is InChI=1S/C21H22N8O3/c1-29-20(24-27-28-29)19(15-8-3-2-4-9-15)26-31-14-17-12-7-13-18(22-17)23-21(30)32-25-16-10-5-6-11-16/h2-4,7-9,12-13H,5-6,10-11,14H2,1H3,(H,22,23,30)/b26-19-. The largest absolute Gasteiger partial charge is 0.439 e. The molecule has 1 aromatic carbocycles. The lowest BCUT2D eigenvalue weighted by atomic mass is 10.1. The molecule has 164 valence electrons. The second-order valence-corrected chi connectivity index (χ2v) is 7.09. The van der Waals surface area contributed by atoms with Crippen molar-refractivity contribution in [1.29, 1.82) is 0 Å². The van der Waals surface area contributed by atoms with E-state index in [9.17, 15) is 4.79 Å². The van der Waals surface area contributed by atoms with Crippen molar-refractivity contribution in [2.24, 2.45) is 17.4 Å². The van der Waals surface area contributed by atoms with Crippen LogP contribution in [-0.4, -0.2) is 42.7 Å². The van der Waals surface area contributed by atoms with Crippen LogP contribution in [-0.2, 0) is 23.3 Å². The van der Waals surface area contributed by atoms with Crippen LogP contribution in [0.3, 0.4) is 0 Å². The van der Waals surface area contributed by atoms with Crippen LogP contribution in [0.2, 0.25) is 0 Å². The van der Waals surface area contributed by atoms with Crippen molar-refractivity contribution < 1.29 is 14.5 Å². The number of carbonyl (C=O) groups excluding carboxylic acids is 1. The van der Waals surface area contributed by atoms with E-state index in [1.54, 1.807) is 25.2 Å². The topological polar surface area (TPSA) is 129 Å². The first-order chi connectivity index (χ1) is 15.7. The first-order valence-corrected chi connectivity index (χ1v) is 10.2. The summed E-state index contributed by atoms with van der Waals surface area (Å²) in [5.74, 6) is 0.790. The number of aromatic nitrogens is 5. The number of rotatable bonds is 7. The molecular formula is C21H22N8O3. The maximum atomic E-state index is 11.9. The van der Waals surface area contributed by atoms with E-state index in [1.165, 1.54) is 4.68 Å². The van der Waals surface area contributed by atoms with Gasteiger partial charge in [0, 0.05) is 12.6 Å². The van der Waals surface area contributed by atoms with E-state index in [1.807, 2.05) is 30.3 Å². The van der Waals surface area contributed by atoms with Gasteiger partial charge in [-0.05, 0) is 48.2 Å². The molecule has 1 fully saturated rings. The fourth-order valence-electron chi connectivity index (χ4n) is 3.15. The number of nitrogens with zero attached hydrogens (tertiary/aromatic N) is 7. The zero-order valence-electron chi connectivity index (χ0n) is 17.5. The van der Waals surface area contributed by atoms with E-state index in [0.717, 1.165) is 37.0 Å². The zero-order valence-corrected chi connectivity index (χ0v) is 17.5. The minimum absolute atomic E-state index is 0.0779. The predicted octanol–water partition coefficient (Wildman–Crippen LogP) is 3.05. The summed E-state index contributed by atoms with van der Waals surface area (Å²) < 4.78 is 1.51. The van der Waals surface area contributed by atoms with Gasteiger partial charge < -0.3 is 4.84 Å². The minimum Gasteiger partial charge on any atom is -0.389 e. The number of hydrogen-bond donors (Lipinski definition) is 1. The Morgan fingerprint density at radius 2 is 1.94 bits per heavy atom. The molecular weight excluding hydrogens is 412 g/mol. The number of tetrazole rings is 1. The lowest BCUT2D eigenvalue weighted by Crippen LogP contribution is -2.13. The lowest BCUT2D eigenvalue weighted by Gasteiger charge is -2.07. The Balaban J connectivity index is 1.40. The van der Waals surface area contributed by atoms with Gasteiger partial charge in [0.25, 0.3) is 0 Å². The maximum absolute atomic E-state index is 11.9. The molecule has 1 N–H and O–H groups in total. The highest BCUT2D eigenvalue weighted by Gasteiger charge is 2.15. The van der Waals surface area contributed by atoms with Gasteiger partial charge in [-0.1, -0.05) is 46.7 Å². The third-order valence-corrected chi connectivity index (χ3v) is 4.72. The summed E-state index contributed by atoms with van der Waals surface area (Å²) in [6, 6.07) is 14.6. The number of aryl methyl sites for hydroxylation is 1. The summed E-state index contributed by atoms with van der Waals surface area (Å²) in [4.78, 5) is 26.7. The fraction of sp³-hybridized carbons (Fsp3) is 0.286. The molecule has 4 rings (SSSR count). The van der Waals surface area contributed by atoms with Gasteiger partial charge >= 0.3 is 6.09 Å². The van der Waals surface area contributed by atoms with Crippen LogP contribution >= 0.6 is 0 Å². The Hall–Kier alpha value is -4.15. The molecule has 0 bridgehead atoms. The molecule has 1 saturated carbocycles. The molecule has 1 aliphatic rings. The normalized spacial score (nSPS) is 13.7.